The highest BCUT2D eigenvalue weighted by Gasteiger charge is 2.21. The largest absolute Gasteiger partial charge is 0.365 e. The van der Waals surface area contributed by atoms with Crippen molar-refractivity contribution in [3.63, 3.8) is 0 Å². The molecule has 0 saturated heterocycles. The highest BCUT2D eigenvalue weighted by molar-refractivity contribution is 7.15. The molecule has 0 atom stereocenters. The Morgan fingerprint density at radius 3 is 2.54 bits per heavy atom. The predicted molar refractivity (Wildman–Crippen MR) is 91.6 cm³/mol. The second-order valence-corrected chi connectivity index (χ2v) is 6.08. The van der Waals surface area contributed by atoms with Crippen molar-refractivity contribution in [2.45, 2.75) is 13.8 Å². The minimum Gasteiger partial charge on any atom is -0.365 e. The molecule has 0 aliphatic carbocycles. The van der Waals surface area contributed by atoms with E-state index < -0.39 is 11.8 Å². The number of hydrogen-bond donors (Lipinski definition) is 2. The van der Waals surface area contributed by atoms with Crippen LogP contribution in [0.15, 0.2) is 35.7 Å². The highest BCUT2D eigenvalue weighted by atomic mass is 32.1. The first kappa shape index (κ1) is 15.9. The van der Waals surface area contributed by atoms with E-state index in [-0.39, 0.29) is 5.69 Å². The van der Waals surface area contributed by atoms with Gasteiger partial charge in [0, 0.05) is 0 Å². The SMILES string of the molecule is Cc1csc(NC(=O)c2nn(-c3ccccc3)nc2C)c1C(N)=O. The molecule has 24 heavy (non-hydrogen) atoms. The van der Waals surface area contributed by atoms with Crippen LogP contribution in [0, 0.1) is 13.8 Å². The molecule has 3 aromatic rings. The van der Waals surface area contributed by atoms with Gasteiger partial charge in [0.25, 0.3) is 11.8 Å². The number of rotatable bonds is 4. The van der Waals surface area contributed by atoms with Crippen molar-refractivity contribution in [3.8, 4) is 5.69 Å². The van der Waals surface area contributed by atoms with E-state index in [9.17, 15) is 9.59 Å². The third-order valence-electron chi connectivity index (χ3n) is 3.43. The number of aromatic nitrogens is 3. The van der Waals surface area contributed by atoms with Gasteiger partial charge in [0.05, 0.1) is 16.9 Å². The Morgan fingerprint density at radius 2 is 1.88 bits per heavy atom. The maximum Gasteiger partial charge on any atom is 0.278 e. The molecule has 7 nitrogen and oxygen atoms in total. The molecule has 0 radical (unpaired) electrons. The average Bonchev–Trinajstić information content (AvgIpc) is 3.11. The number of nitrogens with two attached hydrogens (primary N) is 1. The zero-order chi connectivity index (χ0) is 17.3. The summed E-state index contributed by atoms with van der Waals surface area (Å²) < 4.78 is 0. The highest BCUT2D eigenvalue weighted by Crippen LogP contribution is 2.27. The molecule has 0 aliphatic heterocycles. The van der Waals surface area contributed by atoms with Crippen LogP contribution >= 0.6 is 11.3 Å². The fourth-order valence-electron chi connectivity index (χ4n) is 2.27. The van der Waals surface area contributed by atoms with Crippen molar-refractivity contribution >= 4 is 28.2 Å². The zero-order valence-electron chi connectivity index (χ0n) is 13.1. The fourth-order valence-corrected chi connectivity index (χ4v) is 3.21. The van der Waals surface area contributed by atoms with Gasteiger partial charge < -0.3 is 11.1 Å². The second-order valence-electron chi connectivity index (χ2n) is 5.20. The number of hydrogen-bond acceptors (Lipinski definition) is 5. The van der Waals surface area contributed by atoms with Gasteiger partial charge in [-0.05, 0) is 36.9 Å². The van der Waals surface area contributed by atoms with Gasteiger partial charge >= 0.3 is 0 Å². The number of aryl methyl sites for hydroxylation is 2. The van der Waals surface area contributed by atoms with Gasteiger partial charge in [-0.1, -0.05) is 18.2 Å². The first-order valence-corrected chi connectivity index (χ1v) is 8.04. The summed E-state index contributed by atoms with van der Waals surface area (Å²) >= 11 is 1.25. The van der Waals surface area contributed by atoms with Crippen LogP contribution in [0.5, 0.6) is 0 Å². The summed E-state index contributed by atoms with van der Waals surface area (Å²) in [5.41, 5.74) is 7.86. The fraction of sp³-hybridized carbons (Fsp3) is 0.125. The lowest BCUT2D eigenvalue weighted by Gasteiger charge is -2.03. The Hall–Kier alpha value is -3.00. The molecular formula is C16H15N5O2S. The molecule has 0 bridgehead atoms. The molecule has 1 aromatic carbocycles. The van der Waals surface area contributed by atoms with Crippen LogP contribution in [0.4, 0.5) is 5.00 Å². The molecule has 8 heteroatoms. The Morgan fingerprint density at radius 1 is 1.17 bits per heavy atom. The van der Waals surface area contributed by atoms with Gasteiger partial charge in [-0.25, -0.2) is 0 Å². The van der Waals surface area contributed by atoms with Crippen LogP contribution < -0.4 is 11.1 Å². The van der Waals surface area contributed by atoms with Crippen molar-refractivity contribution < 1.29 is 9.59 Å². The van der Waals surface area contributed by atoms with E-state index in [1.807, 2.05) is 30.3 Å². The van der Waals surface area contributed by atoms with E-state index in [4.69, 9.17) is 5.73 Å². The topological polar surface area (TPSA) is 103 Å². The summed E-state index contributed by atoms with van der Waals surface area (Å²) in [6, 6.07) is 9.30. The molecule has 0 fully saturated rings. The molecule has 0 spiro atoms. The lowest BCUT2D eigenvalue weighted by molar-refractivity contribution is 0.100. The minimum atomic E-state index is -0.575. The van der Waals surface area contributed by atoms with Gasteiger partial charge in [0.1, 0.15) is 5.00 Å². The summed E-state index contributed by atoms with van der Waals surface area (Å²) in [5, 5.41) is 13.4. The molecule has 0 unspecified atom stereocenters. The summed E-state index contributed by atoms with van der Waals surface area (Å²) in [4.78, 5) is 25.4. The number of carbonyl (C=O) groups excluding carboxylic acids is 2. The number of nitrogens with zero attached hydrogens (tertiary/aromatic N) is 3. The Kier molecular flexibility index (Phi) is 4.13. The molecule has 0 saturated carbocycles. The van der Waals surface area contributed by atoms with Crippen molar-refractivity contribution in [2.75, 3.05) is 5.32 Å². The molecule has 3 N–H and O–H groups in total. The number of primary amides is 1. The third kappa shape index (κ3) is 2.91. The number of thiophene rings is 1. The Balaban J connectivity index is 1.89. The maximum absolute atomic E-state index is 12.5. The maximum atomic E-state index is 12.5. The van der Waals surface area contributed by atoms with E-state index in [0.717, 1.165) is 11.3 Å². The number of para-hydroxylation sites is 1. The second kappa shape index (κ2) is 6.25. The van der Waals surface area contributed by atoms with Gasteiger partial charge in [-0.3, -0.25) is 9.59 Å². The van der Waals surface area contributed by atoms with Gasteiger partial charge in [0.15, 0.2) is 5.69 Å². The predicted octanol–water partition coefficient (Wildman–Crippen LogP) is 2.30. The number of benzene rings is 1. The standard InChI is InChI=1S/C16H15N5O2S/c1-9-8-24-16(12(9)14(17)22)18-15(23)13-10(2)19-21(20-13)11-6-4-3-5-7-11/h3-8H,1-2H3,(H2,17,22)(H,18,23). The van der Waals surface area contributed by atoms with Crippen LogP contribution in [0.3, 0.4) is 0 Å². The first-order valence-electron chi connectivity index (χ1n) is 7.16. The molecule has 3 rings (SSSR count). The van der Waals surface area contributed by atoms with Crippen molar-refractivity contribution in [2.24, 2.45) is 5.73 Å². The third-order valence-corrected chi connectivity index (χ3v) is 4.45. The summed E-state index contributed by atoms with van der Waals surface area (Å²) in [6.45, 7) is 3.47. The van der Waals surface area contributed by atoms with Crippen LogP contribution in [-0.2, 0) is 0 Å². The van der Waals surface area contributed by atoms with Crippen LogP contribution in [0.1, 0.15) is 32.1 Å². The summed E-state index contributed by atoms with van der Waals surface area (Å²) in [6.07, 6.45) is 0. The van der Waals surface area contributed by atoms with E-state index in [0.29, 0.717) is 16.3 Å². The van der Waals surface area contributed by atoms with E-state index in [1.165, 1.54) is 16.1 Å². The molecule has 2 aromatic heterocycles. The monoisotopic (exact) mass is 341 g/mol. The van der Waals surface area contributed by atoms with Gasteiger partial charge in [0.2, 0.25) is 0 Å². The van der Waals surface area contributed by atoms with Crippen molar-refractivity contribution in [1.82, 2.24) is 15.0 Å². The number of carbonyl (C=O) groups is 2. The summed E-state index contributed by atoms with van der Waals surface area (Å²) in [7, 11) is 0. The van der Waals surface area contributed by atoms with Gasteiger partial charge in [-0.15, -0.1) is 16.4 Å². The summed E-state index contributed by atoms with van der Waals surface area (Å²) in [5.74, 6) is -1.01. The first-order chi connectivity index (χ1) is 11.5. The normalized spacial score (nSPS) is 10.6. The number of anilines is 1. The van der Waals surface area contributed by atoms with E-state index in [1.54, 1.807) is 19.2 Å². The van der Waals surface area contributed by atoms with Crippen molar-refractivity contribution in [3.05, 3.63) is 58.2 Å². The lowest BCUT2D eigenvalue weighted by atomic mass is 10.2. The van der Waals surface area contributed by atoms with E-state index in [2.05, 4.69) is 15.5 Å². The van der Waals surface area contributed by atoms with E-state index >= 15 is 0 Å². The number of nitrogens with one attached hydrogen (secondary N) is 1. The molecular weight excluding hydrogens is 326 g/mol. The van der Waals surface area contributed by atoms with Crippen molar-refractivity contribution in [1.29, 1.82) is 0 Å². The Labute approximate surface area is 142 Å². The quantitative estimate of drug-likeness (QED) is 0.760. The molecule has 2 heterocycles. The van der Waals surface area contributed by atoms with Gasteiger partial charge in [-0.2, -0.15) is 9.90 Å². The zero-order valence-corrected chi connectivity index (χ0v) is 13.9. The number of amides is 2. The Bertz CT molecular complexity index is 914. The smallest absolute Gasteiger partial charge is 0.278 e. The van der Waals surface area contributed by atoms with Crippen LogP contribution in [0.25, 0.3) is 5.69 Å². The molecule has 122 valence electrons. The average molecular weight is 341 g/mol. The minimum absolute atomic E-state index is 0.195. The molecule has 2 amide bonds. The molecule has 0 aliphatic rings. The van der Waals surface area contributed by atoms with Crippen LogP contribution in [-0.4, -0.2) is 26.8 Å². The van der Waals surface area contributed by atoms with Crippen LogP contribution in [0.2, 0.25) is 0 Å². The lowest BCUT2D eigenvalue weighted by Crippen LogP contribution is -2.18.